The summed E-state index contributed by atoms with van der Waals surface area (Å²) in [5.74, 6) is 0.0485. The van der Waals surface area contributed by atoms with E-state index in [1.165, 1.54) is 0 Å². The van der Waals surface area contributed by atoms with Crippen LogP contribution in [-0.4, -0.2) is 30.4 Å². The first-order valence-electron chi connectivity index (χ1n) is 3.34. The minimum Gasteiger partial charge on any atom is -0.354 e. The molecule has 0 aliphatic heterocycles. The Morgan fingerprint density at radius 3 is 3.11 bits per heavy atom. The minimum atomic E-state index is 0.0485. The molecule has 0 atom stereocenters. The number of halogens is 1. The largest absolute Gasteiger partial charge is 0.354 e. The Balaban J connectivity index is 2.96. The first-order chi connectivity index (χ1) is 4.81. The summed E-state index contributed by atoms with van der Waals surface area (Å²) in [6, 6.07) is 0. The third kappa shape index (κ3) is 6.04. The van der Waals surface area contributed by atoms with Crippen LogP contribution >= 0.6 is 22.6 Å². The Hall–Kier alpha value is 0.160. The van der Waals surface area contributed by atoms with Crippen LogP contribution in [0.4, 0.5) is 0 Å². The van der Waals surface area contributed by atoms with Crippen LogP contribution in [0.1, 0.15) is 1.37 Å². The van der Waals surface area contributed by atoms with Gasteiger partial charge in [-0.15, -0.1) is 0 Å². The zero-order valence-electron chi connectivity index (χ0n) is 6.11. The maximum Gasteiger partial charge on any atom is 0.229 e. The summed E-state index contributed by atoms with van der Waals surface area (Å²) in [5.41, 5.74) is 0. The van der Waals surface area contributed by atoms with E-state index >= 15 is 0 Å². The van der Waals surface area contributed by atoms with Gasteiger partial charge in [0.25, 0.3) is 0 Å². The maximum absolute atomic E-state index is 10.6. The molecule has 0 fully saturated rings. The summed E-state index contributed by atoms with van der Waals surface area (Å²) in [5, 5.41) is 5.45. The van der Waals surface area contributed by atoms with E-state index in [0.717, 1.165) is 0 Å². The van der Waals surface area contributed by atoms with E-state index in [9.17, 15) is 4.79 Å². The van der Waals surface area contributed by atoms with Gasteiger partial charge in [0.15, 0.2) is 0 Å². The van der Waals surface area contributed by atoms with Crippen molar-refractivity contribution in [3.05, 3.63) is 0 Å². The van der Waals surface area contributed by atoms with E-state index in [4.69, 9.17) is 1.37 Å². The van der Waals surface area contributed by atoms with Gasteiger partial charge in [-0.05, 0) is 7.02 Å². The molecule has 0 aromatic rings. The number of carbonyl (C=O) groups excluding carboxylic acids is 1. The smallest absolute Gasteiger partial charge is 0.229 e. The average Bonchev–Trinajstić information content (AvgIpc) is 1.98. The molecule has 1 amide bonds. The number of nitrogens with one attached hydrogen (secondary N) is 2. The van der Waals surface area contributed by atoms with Crippen LogP contribution < -0.4 is 10.6 Å². The molecule has 0 aliphatic carbocycles. The Morgan fingerprint density at radius 2 is 2.56 bits per heavy atom. The van der Waals surface area contributed by atoms with Crippen molar-refractivity contribution in [3.8, 4) is 0 Å². The van der Waals surface area contributed by atoms with E-state index in [1.807, 2.05) is 22.6 Å². The van der Waals surface area contributed by atoms with Gasteiger partial charge >= 0.3 is 0 Å². The van der Waals surface area contributed by atoms with Gasteiger partial charge < -0.3 is 10.6 Å². The Kier molecular flexibility index (Phi) is 5.07. The summed E-state index contributed by atoms with van der Waals surface area (Å²) in [7, 11) is 0.208. The molecular formula is C5H11IN2O. The van der Waals surface area contributed by atoms with Crippen LogP contribution in [0.15, 0.2) is 0 Å². The number of hydrogen-bond donors (Lipinski definition) is 2. The second-order valence-corrected chi connectivity index (χ2v) is 2.25. The quantitative estimate of drug-likeness (QED) is 0.407. The number of alkyl halides is 1. The molecule has 0 aliphatic rings. The highest BCUT2D eigenvalue weighted by atomic mass is 127. The van der Waals surface area contributed by atoms with Crippen molar-refractivity contribution in [1.82, 2.24) is 10.6 Å². The van der Waals surface area contributed by atoms with Crippen molar-refractivity contribution in [2.24, 2.45) is 0 Å². The molecule has 0 saturated heterocycles. The molecule has 0 saturated carbocycles. The van der Waals surface area contributed by atoms with Crippen LogP contribution in [0.5, 0.6) is 0 Å². The van der Waals surface area contributed by atoms with E-state index in [2.05, 4.69) is 10.6 Å². The topological polar surface area (TPSA) is 41.1 Å². The first kappa shape index (κ1) is 7.27. The van der Waals surface area contributed by atoms with Crippen LogP contribution in [0.25, 0.3) is 0 Å². The minimum absolute atomic E-state index is 0.0485. The Morgan fingerprint density at radius 1 is 1.78 bits per heavy atom. The SMILES string of the molecule is [3H]CNCCNC(=O)CI. The fourth-order valence-corrected chi connectivity index (χ4v) is 0.607. The highest BCUT2D eigenvalue weighted by Crippen LogP contribution is 1.77. The standard InChI is InChI=1S/C5H11IN2O/c1-7-2-3-8-5(9)4-6/h7H,2-4H2,1H3,(H,8,9)/i1T. The molecule has 2 N–H and O–H groups in total. The summed E-state index contributed by atoms with van der Waals surface area (Å²) in [4.78, 5) is 10.6. The lowest BCUT2D eigenvalue weighted by atomic mass is 10.6. The Labute approximate surface area is 70.1 Å². The van der Waals surface area contributed by atoms with Crippen molar-refractivity contribution < 1.29 is 6.17 Å². The lowest BCUT2D eigenvalue weighted by Crippen LogP contribution is -2.30. The van der Waals surface area contributed by atoms with Gasteiger partial charge in [-0.3, -0.25) is 4.79 Å². The van der Waals surface area contributed by atoms with Gasteiger partial charge in [-0.25, -0.2) is 0 Å². The predicted octanol–water partition coefficient (Wildman–Crippen LogP) is -0.243. The normalized spacial score (nSPS) is 10.6. The van der Waals surface area contributed by atoms with Crippen LogP contribution in [0.3, 0.4) is 0 Å². The first-order valence-corrected chi connectivity index (χ1v) is 4.16. The molecule has 0 bridgehead atoms. The fraction of sp³-hybridized carbons (Fsp3) is 0.800. The van der Waals surface area contributed by atoms with Crippen molar-refractivity contribution in [2.45, 2.75) is 0 Å². The molecule has 0 spiro atoms. The van der Waals surface area contributed by atoms with E-state index in [1.54, 1.807) is 0 Å². The summed E-state index contributed by atoms with van der Waals surface area (Å²) < 4.78 is 7.21. The van der Waals surface area contributed by atoms with Crippen molar-refractivity contribution in [1.29, 1.82) is 0 Å². The van der Waals surface area contributed by atoms with Gasteiger partial charge in [-0.2, -0.15) is 0 Å². The molecule has 0 unspecified atom stereocenters. The number of likely N-dealkylation sites (N-methyl/N-ethyl adjacent to an activating group) is 1. The maximum atomic E-state index is 10.6. The molecule has 0 heterocycles. The molecule has 54 valence electrons. The summed E-state index contributed by atoms with van der Waals surface area (Å²) >= 11 is 2.01. The molecule has 0 aromatic heterocycles. The predicted molar refractivity (Wildman–Crippen MR) is 45.8 cm³/mol. The molecule has 0 radical (unpaired) electrons. The average molecular weight is 244 g/mol. The van der Waals surface area contributed by atoms with Gasteiger partial charge in [0.2, 0.25) is 5.91 Å². The molecular weight excluding hydrogens is 231 g/mol. The molecule has 0 aromatic carbocycles. The Bertz CT molecular complexity index is 102. The van der Waals surface area contributed by atoms with Crippen LogP contribution in [-0.2, 0) is 4.79 Å². The number of carbonyl (C=O) groups is 1. The van der Waals surface area contributed by atoms with Gasteiger partial charge in [-0.1, -0.05) is 22.6 Å². The van der Waals surface area contributed by atoms with Crippen molar-refractivity contribution >= 4 is 28.5 Å². The lowest BCUT2D eigenvalue weighted by molar-refractivity contribution is -0.118. The zero-order chi connectivity index (χ0) is 7.82. The molecule has 9 heavy (non-hydrogen) atoms. The number of rotatable bonds is 4. The zero-order valence-corrected chi connectivity index (χ0v) is 7.27. The summed E-state index contributed by atoms with van der Waals surface area (Å²) in [6.45, 7) is 1.28. The summed E-state index contributed by atoms with van der Waals surface area (Å²) in [6.07, 6.45) is 0. The van der Waals surface area contributed by atoms with Gasteiger partial charge in [0.1, 0.15) is 0 Å². The van der Waals surface area contributed by atoms with Crippen molar-refractivity contribution in [3.63, 3.8) is 0 Å². The van der Waals surface area contributed by atoms with E-state index in [-0.39, 0.29) is 12.9 Å². The van der Waals surface area contributed by atoms with Crippen LogP contribution in [0, 0.1) is 0 Å². The number of amides is 1. The second kappa shape index (κ2) is 6.28. The van der Waals surface area contributed by atoms with Gasteiger partial charge in [0.05, 0.1) is 4.43 Å². The monoisotopic (exact) mass is 244 g/mol. The fourth-order valence-electron chi connectivity index (χ4n) is 0.338. The molecule has 3 nitrogen and oxygen atoms in total. The highest BCUT2D eigenvalue weighted by molar-refractivity contribution is 14.1. The van der Waals surface area contributed by atoms with Gasteiger partial charge in [0, 0.05) is 14.5 Å². The third-order valence-corrected chi connectivity index (χ3v) is 1.44. The number of hydrogen-bond acceptors (Lipinski definition) is 2. The van der Waals surface area contributed by atoms with Crippen LogP contribution in [0.2, 0.25) is 0 Å². The lowest BCUT2D eigenvalue weighted by Gasteiger charge is -1.99. The second-order valence-electron chi connectivity index (χ2n) is 1.48. The van der Waals surface area contributed by atoms with E-state index < -0.39 is 0 Å². The molecule has 0 rings (SSSR count). The van der Waals surface area contributed by atoms with Crippen molar-refractivity contribution in [2.75, 3.05) is 24.5 Å². The molecule has 4 heteroatoms. The van der Waals surface area contributed by atoms with E-state index in [0.29, 0.717) is 17.5 Å². The highest BCUT2D eigenvalue weighted by Gasteiger charge is 1.92. The third-order valence-electron chi connectivity index (χ3n) is 0.745.